The lowest BCUT2D eigenvalue weighted by atomic mass is 10.2. The molecule has 1 aromatic rings. The van der Waals surface area contributed by atoms with Gasteiger partial charge >= 0.3 is 0 Å². The quantitative estimate of drug-likeness (QED) is 0.150. The van der Waals surface area contributed by atoms with Gasteiger partial charge in [-0.2, -0.15) is 0 Å². The molecule has 5 heteroatoms. The van der Waals surface area contributed by atoms with Crippen LogP contribution in [0.1, 0.15) is 10.4 Å². The molecule has 0 fully saturated rings. The molecule has 6 N–H and O–H groups in total. The predicted octanol–water partition coefficient (Wildman–Crippen LogP) is -0.422. The van der Waals surface area contributed by atoms with Crippen molar-refractivity contribution in [1.29, 1.82) is 0 Å². The molecule has 0 heterocycles. The molecule has 0 aliphatic carbocycles. The summed E-state index contributed by atoms with van der Waals surface area (Å²) in [5, 5.41) is 9.01. The molecule has 0 spiro atoms. The highest BCUT2D eigenvalue weighted by molar-refractivity contribution is 5.94. The van der Waals surface area contributed by atoms with Crippen LogP contribution >= 0.6 is 0 Å². The normalized spacial score (nSPS) is 9.42. The molecule has 0 bridgehead atoms. The van der Waals surface area contributed by atoms with Crippen molar-refractivity contribution in [2.75, 3.05) is 5.73 Å². The van der Waals surface area contributed by atoms with E-state index in [9.17, 15) is 4.79 Å². The van der Waals surface area contributed by atoms with Crippen molar-refractivity contribution in [3.05, 3.63) is 23.8 Å². The molecule has 0 saturated carbocycles. The second-order valence-electron chi connectivity index (χ2n) is 2.25. The average Bonchev–Trinajstić information content (AvgIpc) is 2.08. The maximum absolute atomic E-state index is 10.9. The Bertz CT molecular complexity index is 312. The number of amides is 1. The average molecular weight is 167 g/mol. The molecule has 1 aromatic carbocycles. The van der Waals surface area contributed by atoms with Crippen LogP contribution in [0.5, 0.6) is 5.75 Å². The van der Waals surface area contributed by atoms with Crippen molar-refractivity contribution in [2.24, 2.45) is 5.84 Å². The first-order valence-corrected chi connectivity index (χ1v) is 3.24. The standard InChI is InChI=1S/C7H9N3O2/c8-5-3-4(7(12)10-9)1-2-6(5)11/h1-3,11H,8-9H2,(H,10,12). The van der Waals surface area contributed by atoms with Gasteiger partial charge in [-0.1, -0.05) is 0 Å². The van der Waals surface area contributed by atoms with Crippen LogP contribution in [0.4, 0.5) is 5.69 Å². The van der Waals surface area contributed by atoms with Crippen LogP contribution in [-0.4, -0.2) is 11.0 Å². The van der Waals surface area contributed by atoms with E-state index >= 15 is 0 Å². The Balaban J connectivity index is 3.05. The number of hydrogen-bond donors (Lipinski definition) is 4. The third-order valence-corrected chi connectivity index (χ3v) is 1.42. The molecule has 0 radical (unpaired) electrons. The van der Waals surface area contributed by atoms with Gasteiger partial charge in [-0.3, -0.25) is 10.2 Å². The number of nitrogens with two attached hydrogens (primary N) is 2. The molecule has 5 nitrogen and oxygen atoms in total. The van der Waals surface area contributed by atoms with Gasteiger partial charge in [0.05, 0.1) is 5.69 Å². The van der Waals surface area contributed by atoms with Crippen LogP contribution in [0.3, 0.4) is 0 Å². The van der Waals surface area contributed by atoms with E-state index in [4.69, 9.17) is 16.7 Å². The number of rotatable bonds is 1. The highest BCUT2D eigenvalue weighted by Gasteiger charge is 2.04. The molecule has 0 atom stereocenters. The van der Waals surface area contributed by atoms with Gasteiger partial charge in [0.15, 0.2) is 0 Å². The van der Waals surface area contributed by atoms with E-state index in [0.717, 1.165) is 0 Å². The van der Waals surface area contributed by atoms with E-state index in [-0.39, 0.29) is 11.4 Å². The number of hydrazine groups is 1. The number of benzene rings is 1. The fourth-order valence-electron chi connectivity index (χ4n) is 0.779. The molecular weight excluding hydrogens is 158 g/mol. The predicted molar refractivity (Wildman–Crippen MR) is 44.2 cm³/mol. The summed E-state index contributed by atoms with van der Waals surface area (Å²) in [5.74, 6) is 4.39. The number of nitrogens with one attached hydrogen (secondary N) is 1. The minimum Gasteiger partial charge on any atom is -0.506 e. The topological polar surface area (TPSA) is 101 Å². The number of carbonyl (C=O) groups is 1. The van der Waals surface area contributed by atoms with Crippen LogP contribution in [0.15, 0.2) is 18.2 Å². The summed E-state index contributed by atoms with van der Waals surface area (Å²) < 4.78 is 0. The van der Waals surface area contributed by atoms with Gasteiger partial charge in [0.25, 0.3) is 5.91 Å². The van der Waals surface area contributed by atoms with E-state index in [1.54, 1.807) is 0 Å². The smallest absolute Gasteiger partial charge is 0.265 e. The number of aromatic hydroxyl groups is 1. The van der Waals surface area contributed by atoms with Crippen molar-refractivity contribution in [3.63, 3.8) is 0 Å². The lowest BCUT2D eigenvalue weighted by molar-refractivity contribution is 0.0953. The van der Waals surface area contributed by atoms with Gasteiger partial charge in [-0.15, -0.1) is 0 Å². The number of phenolic OH excluding ortho intramolecular Hbond substituents is 1. The summed E-state index contributed by atoms with van der Waals surface area (Å²) in [6.07, 6.45) is 0. The fraction of sp³-hybridized carbons (Fsp3) is 0. The van der Waals surface area contributed by atoms with Crippen LogP contribution in [0.25, 0.3) is 0 Å². The maximum atomic E-state index is 10.9. The fourth-order valence-corrected chi connectivity index (χ4v) is 0.779. The van der Waals surface area contributed by atoms with Crippen LogP contribution < -0.4 is 17.0 Å². The first-order valence-electron chi connectivity index (χ1n) is 3.24. The van der Waals surface area contributed by atoms with Crippen LogP contribution in [0, 0.1) is 0 Å². The molecular formula is C7H9N3O2. The summed E-state index contributed by atoms with van der Waals surface area (Å²) >= 11 is 0. The second kappa shape index (κ2) is 3.10. The van der Waals surface area contributed by atoms with E-state index in [1.807, 2.05) is 5.43 Å². The second-order valence-corrected chi connectivity index (χ2v) is 2.25. The van der Waals surface area contributed by atoms with Gasteiger partial charge in [0.1, 0.15) is 5.75 Å². The molecule has 1 amide bonds. The minimum atomic E-state index is -0.443. The third kappa shape index (κ3) is 1.46. The van der Waals surface area contributed by atoms with Gasteiger partial charge in [0, 0.05) is 5.56 Å². The molecule has 0 aliphatic rings. The summed E-state index contributed by atoms with van der Waals surface area (Å²) in [7, 11) is 0. The van der Waals surface area contributed by atoms with Gasteiger partial charge in [0.2, 0.25) is 0 Å². The summed E-state index contributed by atoms with van der Waals surface area (Å²) in [6, 6.07) is 4.10. The Morgan fingerprint density at radius 3 is 2.67 bits per heavy atom. The monoisotopic (exact) mass is 167 g/mol. The zero-order chi connectivity index (χ0) is 9.14. The highest BCUT2D eigenvalue weighted by atomic mass is 16.3. The third-order valence-electron chi connectivity index (χ3n) is 1.42. The minimum absolute atomic E-state index is 0.0522. The number of nitrogen functional groups attached to an aromatic ring is 2. The molecule has 12 heavy (non-hydrogen) atoms. The lowest BCUT2D eigenvalue weighted by Crippen LogP contribution is -2.29. The lowest BCUT2D eigenvalue weighted by Gasteiger charge is -2.01. The van der Waals surface area contributed by atoms with E-state index in [2.05, 4.69) is 0 Å². The first-order chi connectivity index (χ1) is 5.65. The zero-order valence-corrected chi connectivity index (χ0v) is 6.24. The Hall–Kier alpha value is -1.75. The van der Waals surface area contributed by atoms with Crippen molar-refractivity contribution in [1.82, 2.24) is 5.43 Å². The van der Waals surface area contributed by atoms with E-state index in [1.165, 1.54) is 18.2 Å². The SMILES string of the molecule is NNC(=O)c1ccc(O)c(N)c1. The number of hydrogen-bond acceptors (Lipinski definition) is 4. The Kier molecular flexibility index (Phi) is 2.16. The van der Waals surface area contributed by atoms with E-state index in [0.29, 0.717) is 5.56 Å². The van der Waals surface area contributed by atoms with E-state index < -0.39 is 5.91 Å². The maximum Gasteiger partial charge on any atom is 0.265 e. The summed E-state index contributed by atoms with van der Waals surface area (Å²) in [4.78, 5) is 10.9. The highest BCUT2D eigenvalue weighted by Crippen LogP contribution is 2.19. The van der Waals surface area contributed by atoms with Crippen LogP contribution in [0.2, 0.25) is 0 Å². The largest absolute Gasteiger partial charge is 0.506 e. The van der Waals surface area contributed by atoms with Crippen LogP contribution in [-0.2, 0) is 0 Å². The Morgan fingerprint density at radius 1 is 1.50 bits per heavy atom. The van der Waals surface area contributed by atoms with Crippen molar-refractivity contribution >= 4 is 11.6 Å². The molecule has 0 aromatic heterocycles. The summed E-state index contributed by atoms with van der Waals surface area (Å²) in [6.45, 7) is 0. The molecule has 1 rings (SSSR count). The van der Waals surface area contributed by atoms with Gasteiger partial charge < -0.3 is 10.8 Å². The number of phenols is 1. The van der Waals surface area contributed by atoms with Crippen molar-refractivity contribution < 1.29 is 9.90 Å². The molecule has 64 valence electrons. The Morgan fingerprint density at radius 2 is 2.17 bits per heavy atom. The Labute approximate surface area is 69.0 Å². The van der Waals surface area contributed by atoms with Gasteiger partial charge in [-0.05, 0) is 18.2 Å². The molecule has 0 saturated heterocycles. The van der Waals surface area contributed by atoms with Crippen molar-refractivity contribution in [2.45, 2.75) is 0 Å². The van der Waals surface area contributed by atoms with Crippen molar-refractivity contribution in [3.8, 4) is 5.75 Å². The zero-order valence-electron chi connectivity index (χ0n) is 6.24. The molecule has 0 unspecified atom stereocenters. The number of anilines is 1. The summed E-state index contributed by atoms with van der Waals surface area (Å²) in [5.41, 5.74) is 7.76. The number of carbonyl (C=O) groups excluding carboxylic acids is 1. The molecule has 0 aliphatic heterocycles. The van der Waals surface area contributed by atoms with Gasteiger partial charge in [-0.25, -0.2) is 5.84 Å². The first kappa shape index (κ1) is 8.35.